The highest BCUT2D eigenvalue weighted by Gasteiger charge is 2.06. The quantitative estimate of drug-likeness (QED) is 0.608. The first-order valence-electron chi connectivity index (χ1n) is 7.15. The summed E-state index contributed by atoms with van der Waals surface area (Å²) in [5.41, 5.74) is 3.39. The lowest BCUT2D eigenvalue weighted by Crippen LogP contribution is -2.09. The number of benzene rings is 1. The number of hydrogen-bond donors (Lipinski definition) is 2. The van der Waals surface area contributed by atoms with Gasteiger partial charge in [0, 0.05) is 22.7 Å². The fourth-order valence-corrected chi connectivity index (χ4v) is 3.23. The number of aromatic amines is 1. The standard InChI is InChI=1S/C16H16N4OS2/c1-10(2)17-12-6-11(14-9-23-16(21)18-14)7-13(8-12)19-20-15-4-3-5-22-15/h3-10,17H,1-2H3,(H,18,21)/b20-19-. The van der Waals surface area contributed by atoms with E-state index in [0.29, 0.717) is 6.04 Å². The molecule has 0 aliphatic heterocycles. The molecule has 0 aliphatic rings. The van der Waals surface area contributed by atoms with Gasteiger partial charge in [0.25, 0.3) is 0 Å². The minimum atomic E-state index is -0.0658. The molecule has 2 aromatic heterocycles. The number of nitrogens with zero attached hydrogens (tertiary/aromatic N) is 2. The first kappa shape index (κ1) is 15.6. The van der Waals surface area contributed by atoms with Crippen LogP contribution in [0.3, 0.4) is 0 Å². The second-order valence-corrected chi connectivity index (χ2v) is 7.05. The van der Waals surface area contributed by atoms with Crippen LogP contribution in [0.2, 0.25) is 0 Å². The highest BCUT2D eigenvalue weighted by Crippen LogP contribution is 2.30. The fourth-order valence-electron chi connectivity index (χ4n) is 2.10. The molecule has 2 heterocycles. The van der Waals surface area contributed by atoms with Crippen LogP contribution in [0.4, 0.5) is 16.4 Å². The van der Waals surface area contributed by atoms with Crippen LogP contribution in [0.1, 0.15) is 13.8 Å². The highest BCUT2D eigenvalue weighted by atomic mass is 32.1. The van der Waals surface area contributed by atoms with Crippen LogP contribution < -0.4 is 10.2 Å². The summed E-state index contributed by atoms with van der Waals surface area (Å²) in [7, 11) is 0. The maximum Gasteiger partial charge on any atom is 0.304 e. The number of thiophene rings is 1. The van der Waals surface area contributed by atoms with Crippen molar-refractivity contribution >= 4 is 39.0 Å². The maximum atomic E-state index is 11.4. The van der Waals surface area contributed by atoms with Crippen LogP contribution in [0.15, 0.2) is 56.1 Å². The Balaban J connectivity index is 1.99. The lowest BCUT2D eigenvalue weighted by Gasteiger charge is -2.12. The molecule has 23 heavy (non-hydrogen) atoms. The van der Waals surface area contributed by atoms with Crippen LogP contribution >= 0.6 is 22.7 Å². The molecule has 1 aromatic carbocycles. The van der Waals surface area contributed by atoms with Crippen LogP contribution in [0.25, 0.3) is 11.3 Å². The molecule has 118 valence electrons. The Morgan fingerprint density at radius 2 is 2.04 bits per heavy atom. The van der Waals surface area contributed by atoms with Gasteiger partial charge < -0.3 is 10.3 Å². The average Bonchev–Trinajstić information content (AvgIpc) is 3.15. The smallest absolute Gasteiger partial charge is 0.304 e. The number of hydrogen-bond acceptors (Lipinski definition) is 6. The molecule has 0 atom stereocenters. The number of thiazole rings is 1. The Morgan fingerprint density at radius 1 is 1.17 bits per heavy atom. The molecule has 0 fully saturated rings. The Kier molecular flexibility index (Phi) is 4.68. The third-order valence-electron chi connectivity index (χ3n) is 2.97. The van der Waals surface area contributed by atoms with E-state index in [0.717, 1.165) is 39.0 Å². The summed E-state index contributed by atoms with van der Waals surface area (Å²) in [5.74, 6) is 0. The van der Waals surface area contributed by atoms with E-state index in [2.05, 4.69) is 34.4 Å². The van der Waals surface area contributed by atoms with E-state index in [-0.39, 0.29) is 4.87 Å². The van der Waals surface area contributed by atoms with E-state index in [9.17, 15) is 4.79 Å². The van der Waals surface area contributed by atoms with Gasteiger partial charge in [-0.05, 0) is 49.6 Å². The SMILES string of the molecule is CC(C)Nc1cc(/N=N\c2cccs2)cc(-c2csc(=O)[nH]2)c1. The first-order valence-corrected chi connectivity index (χ1v) is 8.91. The van der Waals surface area contributed by atoms with E-state index < -0.39 is 0 Å². The topological polar surface area (TPSA) is 69.6 Å². The van der Waals surface area contributed by atoms with Crippen LogP contribution in [0.5, 0.6) is 0 Å². The van der Waals surface area contributed by atoms with Gasteiger partial charge in [0.1, 0.15) is 5.00 Å². The van der Waals surface area contributed by atoms with E-state index >= 15 is 0 Å². The van der Waals surface area contributed by atoms with E-state index in [1.165, 1.54) is 11.3 Å². The molecule has 3 rings (SSSR count). The van der Waals surface area contributed by atoms with Crippen molar-refractivity contribution in [2.45, 2.75) is 19.9 Å². The Morgan fingerprint density at radius 3 is 2.70 bits per heavy atom. The predicted octanol–water partition coefficient (Wildman–Crippen LogP) is 5.40. The Bertz CT molecular complexity index is 862. The first-order chi connectivity index (χ1) is 11.1. The minimum absolute atomic E-state index is 0.0658. The molecule has 5 nitrogen and oxygen atoms in total. The van der Waals surface area contributed by atoms with Crippen molar-refractivity contribution in [3.63, 3.8) is 0 Å². The van der Waals surface area contributed by atoms with E-state index in [4.69, 9.17) is 0 Å². The molecule has 3 aromatic rings. The molecular weight excluding hydrogens is 328 g/mol. The number of anilines is 1. The molecule has 0 radical (unpaired) electrons. The highest BCUT2D eigenvalue weighted by molar-refractivity contribution is 7.13. The third-order valence-corrected chi connectivity index (χ3v) is 4.40. The molecule has 0 saturated carbocycles. The molecule has 2 N–H and O–H groups in total. The summed E-state index contributed by atoms with van der Waals surface area (Å²) in [6.07, 6.45) is 0. The van der Waals surface area contributed by atoms with E-state index in [1.54, 1.807) is 0 Å². The van der Waals surface area contributed by atoms with Gasteiger partial charge in [0.15, 0.2) is 0 Å². The van der Waals surface area contributed by atoms with Gasteiger partial charge in [-0.15, -0.1) is 21.6 Å². The monoisotopic (exact) mass is 344 g/mol. The van der Waals surface area contributed by atoms with Crippen LogP contribution in [0, 0.1) is 0 Å². The molecular formula is C16H16N4OS2. The number of azo groups is 1. The summed E-state index contributed by atoms with van der Waals surface area (Å²) in [4.78, 5) is 14.2. The molecule has 0 unspecified atom stereocenters. The number of aromatic nitrogens is 1. The second-order valence-electron chi connectivity index (χ2n) is 5.28. The minimum Gasteiger partial charge on any atom is -0.383 e. The lowest BCUT2D eigenvalue weighted by atomic mass is 10.1. The second kappa shape index (κ2) is 6.89. The summed E-state index contributed by atoms with van der Waals surface area (Å²) >= 11 is 2.69. The van der Waals surface area contributed by atoms with Crippen molar-refractivity contribution < 1.29 is 0 Å². The zero-order valence-electron chi connectivity index (χ0n) is 12.7. The van der Waals surface area contributed by atoms with Crippen molar-refractivity contribution in [1.29, 1.82) is 0 Å². The summed E-state index contributed by atoms with van der Waals surface area (Å²) in [6, 6.07) is 10.0. The summed E-state index contributed by atoms with van der Waals surface area (Å²) in [6.45, 7) is 4.15. The van der Waals surface area contributed by atoms with Gasteiger partial charge in [-0.25, -0.2) is 0 Å². The summed E-state index contributed by atoms with van der Waals surface area (Å²) in [5, 5.41) is 16.6. The van der Waals surface area contributed by atoms with Crippen molar-refractivity contribution in [2.24, 2.45) is 10.2 Å². The van der Waals surface area contributed by atoms with Gasteiger partial charge in [-0.1, -0.05) is 11.3 Å². The van der Waals surface area contributed by atoms with Gasteiger partial charge in [-0.2, -0.15) is 0 Å². The van der Waals surface area contributed by atoms with Gasteiger partial charge in [0.2, 0.25) is 0 Å². The normalized spacial score (nSPS) is 11.4. The molecule has 0 bridgehead atoms. The summed E-state index contributed by atoms with van der Waals surface area (Å²) < 4.78 is 0. The van der Waals surface area contributed by atoms with E-state index in [1.807, 2.05) is 41.1 Å². The predicted molar refractivity (Wildman–Crippen MR) is 97.6 cm³/mol. The zero-order valence-corrected chi connectivity index (χ0v) is 14.4. The molecule has 0 spiro atoms. The van der Waals surface area contributed by atoms with Gasteiger partial charge in [0.05, 0.1) is 11.4 Å². The average molecular weight is 344 g/mol. The van der Waals surface area contributed by atoms with Crippen molar-refractivity contribution in [3.05, 3.63) is 50.8 Å². The van der Waals surface area contributed by atoms with Crippen molar-refractivity contribution in [3.8, 4) is 11.3 Å². The fraction of sp³-hybridized carbons (Fsp3) is 0.188. The van der Waals surface area contributed by atoms with Crippen LogP contribution in [-0.4, -0.2) is 11.0 Å². The zero-order chi connectivity index (χ0) is 16.2. The number of nitrogens with one attached hydrogen (secondary N) is 2. The van der Waals surface area contributed by atoms with Crippen molar-refractivity contribution in [2.75, 3.05) is 5.32 Å². The maximum absolute atomic E-state index is 11.4. The molecule has 0 saturated heterocycles. The largest absolute Gasteiger partial charge is 0.383 e. The molecule has 0 amide bonds. The van der Waals surface area contributed by atoms with Gasteiger partial charge in [-0.3, -0.25) is 4.79 Å². The third kappa shape index (κ3) is 4.14. The van der Waals surface area contributed by atoms with Crippen molar-refractivity contribution in [1.82, 2.24) is 4.98 Å². The Labute approximate surface area is 141 Å². The lowest BCUT2D eigenvalue weighted by molar-refractivity contribution is 0.900. The van der Waals surface area contributed by atoms with Crippen LogP contribution in [-0.2, 0) is 0 Å². The molecule has 7 heteroatoms. The number of H-pyrrole nitrogens is 1. The Hall–Kier alpha value is -2.25. The number of rotatable bonds is 5. The van der Waals surface area contributed by atoms with Gasteiger partial charge >= 0.3 is 4.87 Å². The molecule has 0 aliphatic carbocycles.